The monoisotopic (exact) mass is 594 g/mol. The molecule has 0 saturated heterocycles. The number of hydroxylamine groups is 1. The summed E-state index contributed by atoms with van der Waals surface area (Å²) in [6, 6.07) is 14.9. The average molecular weight is 595 g/mol. The molecule has 0 unspecified atom stereocenters. The maximum Gasteiger partial charge on any atom is 0.367 e. The number of nitrogens with one attached hydrogen (secondary N) is 2. The number of aliphatic hydroxyl groups excluding tert-OH is 2. The highest BCUT2D eigenvalue weighted by Crippen LogP contribution is 2.39. The molecule has 0 fully saturated rings. The first-order valence-electron chi connectivity index (χ1n) is 14.1. The maximum atomic E-state index is 11.1. The van der Waals surface area contributed by atoms with Gasteiger partial charge in [-0.25, -0.2) is 5.48 Å². The Morgan fingerprint density at radius 1 is 0.884 bits per heavy atom. The van der Waals surface area contributed by atoms with Gasteiger partial charge in [0.05, 0.1) is 19.8 Å². The van der Waals surface area contributed by atoms with Gasteiger partial charge >= 0.3 is 11.9 Å². The van der Waals surface area contributed by atoms with E-state index >= 15 is 0 Å². The van der Waals surface area contributed by atoms with Gasteiger partial charge in [0.2, 0.25) is 5.91 Å². The summed E-state index contributed by atoms with van der Waals surface area (Å²) in [7, 11) is 3.23. The van der Waals surface area contributed by atoms with E-state index in [4.69, 9.17) is 28.9 Å². The Labute approximate surface area is 250 Å². The number of amides is 1. The van der Waals surface area contributed by atoms with Crippen molar-refractivity contribution in [3.05, 3.63) is 77.1 Å². The fourth-order valence-electron chi connectivity index (χ4n) is 4.82. The van der Waals surface area contributed by atoms with Crippen molar-refractivity contribution in [2.45, 2.75) is 52.2 Å². The highest BCUT2D eigenvalue weighted by atomic mass is 16.7. The number of hydrogen-bond donors (Lipinski definition) is 5. The normalized spacial score (nSPS) is 12.2. The Hall–Kier alpha value is -4.61. The van der Waals surface area contributed by atoms with Gasteiger partial charge in [-0.2, -0.15) is 0 Å². The van der Waals surface area contributed by atoms with E-state index in [1.807, 2.05) is 43.3 Å². The van der Waals surface area contributed by atoms with E-state index in [1.54, 1.807) is 31.8 Å². The lowest BCUT2D eigenvalue weighted by Crippen LogP contribution is -2.18. The third-order valence-corrected chi connectivity index (χ3v) is 7.21. The predicted molar refractivity (Wildman–Crippen MR) is 159 cm³/mol. The lowest BCUT2D eigenvalue weighted by Gasteiger charge is -2.19. The van der Waals surface area contributed by atoms with E-state index in [1.165, 1.54) is 0 Å². The van der Waals surface area contributed by atoms with Crippen LogP contribution in [-0.4, -0.2) is 42.1 Å². The van der Waals surface area contributed by atoms with Gasteiger partial charge < -0.3 is 39.2 Å². The van der Waals surface area contributed by atoms with Crippen molar-refractivity contribution in [2.75, 3.05) is 20.8 Å². The molecule has 1 amide bonds. The van der Waals surface area contributed by atoms with Gasteiger partial charge in [-0.1, -0.05) is 37.1 Å². The third-order valence-electron chi connectivity index (χ3n) is 7.21. The smallest absolute Gasteiger partial charge is 0.367 e. The molecule has 3 aromatic carbocycles. The van der Waals surface area contributed by atoms with Crippen molar-refractivity contribution in [1.29, 1.82) is 0 Å². The second-order valence-corrected chi connectivity index (χ2v) is 10.0. The molecule has 0 radical (unpaired) electrons. The number of aliphatic hydroxyl groups is 2. The van der Waals surface area contributed by atoms with E-state index in [9.17, 15) is 15.0 Å². The van der Waals surface area contributed by atoms with E-state index in [0.717, 1.165) is 60.0 Å². The Kier molecular flexibility index (Phi) is 11.0. The van der Waals surface area contributed by atoms with Gasteiger partial charge in [-0.05, 0) is 60.7 Å². The summed E-state index contributed by atoms with van der Waals surface area (Å²) in [4.78, 5) is 11.1. The standard InChI is InChI=1S/C32H38N2O9/c1-20-22(9-8-10-24(20)21-12-13-26-29(15-21)43-32(37)31(36)42-26)19-41-23-16-27(39-2)25(28(17-23)40-3)18-33-14-7-5-4-6-11-30(35)34-38/h8-10,12-13,15-17,33,36-38H,4-7,11,14,18-19H2,1-3H3,(H,34,35). The van der Waals surface area contributed by atoms with E-state index < -0.39 is 11.9 Å². The summed E-state index contributed by atoms with van der Waals surface area (Å²) >= 11 is 0. The van der Waals surface area contributed by atoms with Crippen molar-refractivity contribution in [1.82, 2.24) is 10.8 Å². The molecule has 1 aliphatic heterocycles. The molecular formula is C32H38N2O9. The van der Waals surface area contributed by atoms with Gasteiger partial charge in [-0.3, -0.25) is 10.0 Å². The van der Waals surface area contributed by atoms with Crippen LogP contribution in [0.4, 0.5) is 0 Å². The summed E-state index contributed by atoms with van der Waals surface area (Å²) in [5.74, 6) is 0.805. The van der Waals surface area contributed by atoms with Crippen LogP contribution in [0.3, 0.4) is 0 Å². The molecule has 0 saturated carbocycles. The molecule has 0 atom stereocenters. The molecule has 11 heteroatoms. The summed E-state index contributed by atoms with van der Waals surface area (Å²) in [5.41, 5.74) is 6.34. The molecule has 1 aliphatic rings. The van der Waals surface area contributed by atoms with Gasteiger partial charge in [0.1, 0.15) is 23.9 Å². The molecule has 230 valence electrons. The van der Waals surface area contributed by atoms with Crippen molar-refractivity contribution in [3.8, 4) is 39.9 Å². The van der Waals surface area contributed by atoms with Crippen LogP contribution < -0.4 is 34.5 Å². The van der Waals surface area contributed by atoms with Crippen LogP contribution in [0.1, 0.15) is 48.8 Å². The first kappa shape index (κ1) is 31.3. The largest absolute Gasteiger partial charge is 0.496 e. The number of benzene rings is 3. The SMILES string of the molecule is COc1cc(OCc2cccc(-c3ccc4c(c3)OC(O)=C(O)O4)c2C)cc(OC)c1CNCCCCCCC(=O)NO. The van der Waals surface area contributed by atoms with E-state index in [-0.39, 0.29) is 5.91 Å². The highest BCUT2D eigenvalue weighted by Gasteiger charge is 2.22. The van der Waals surface area contributed by atoms with E-state index in [2.05, 4.69) is 5.32 Å². The topological polar surface area (TPSA) is 148 Å². The lowest BCUT2D eigenvalue weighted by atomic mass is 9.96. The van der Waals surface area contributed by atoms with Crippen LogP contribution >= 0.6 is 0 Å². The van der Waals surface area contributed by atoms with Crippen LogP contribution in [0.15, 0.2) is 60.4 Å². The van der Waals surface area contributed by atoms with Gasteiger partial charge in [0.15, 0.2) is 11.5 Å². The predicted octanol–water partition coefficient (Wildman–Crippen LogP) is 5.82. The highest BCUT2D eigenvalue weighted by molar-refractivity contribution is 5.74. The minimum Gasteiger partial charge on any atom is -0.496 e. The fraction of sp³-hybridized carbons (Fsp3) is 0.344. The molecule has 0 aliphatic carbocycles. The number of rotatable bonds is 15. The Morgan fingerprint density at radius 3 is 2.28 bits per heavy atom. The van der Waals surface area contributed by atoms with Crippen molar-refractivity contribution in [3.63, 3.8) is 0 Å². The molecule has 0 spiro atoms. The number of carbonyl (C=O) groups excluding carboxylic acids is 1. The quantitative estimate of drug-likeness (QED) is 0.0828. The van der Waals surface area contributed by atoms with Crippen LogP contribution in [0.5, 0.6) is 28.7 Å². The third kappa shape index (κ3) is 8.02. The minimum absolute atomic E-state index is 0.298. The second-order valence-electron chi connectivity index (χ2n) is 10.0. The van der Waals surface area contributed by atoms with Crippen LogP contribution in [0.25, 0.3) is 11.1 Å². The number of methoxy groups -OCH3 is 2. The molecule has 43 heavy (non-hydrogen) atoms. The van der Waals surface area contributed by atoms with Gasteiger partial charge in [0, 0.05) is 25.1 Å². The zero-order valence-corrected chi connectivity index (χ0v) is 24.6. The molecule has 1 heterocycles. The number of hydrogen-bond acceptors (Lipinski definition) is 10. The number of unbranched alkanes of at least 4 members (excludes halogenated alkanes) is 3. The van der Waals surface area contributed by atoms with Crippen LogP contribution in [-0.2, 0) is 17.9 Å². The Balaban J connectivity index is 1.37. The summed E-state index contributed by atoms with van der Waals surface area (Å²) in [6.07, 6.45) is 3.93. The summed E-state index contributed by atoms with van der Waals surface area (Å²) < 4.78 is 28.0. The summed E-state index contributed by atoms with van der Waals surface area (Å²) in [6.45, 7) is 3.68. The van der Waals surface area contributed by atoms with Crippen LogP contribution in [0.2, 0.25) is 0 Å². The fourth-order valence-corrected chi connectivity index (χ4v) is 4.82. The first-order valence-corrected chi connectivity index (χ1v) is 14.1. The molecule has 4 rings (SSSR count). The molecular weight excluding hydrogens is 556 g/mol. The Morgan fingerprint density at radius 2 is 1.58 bits per heavy atom. The Bertz CT molecular complexity index is 1430. The maximum absolute atomic E-state index is 11.1. The molecule has 3 aromatic rings. The number of carbonyl (C=O) groups is 1. The first-order chi connectivity index (χ1) is 20.8. The van der Waals surface area contributed by atoms with E-state index in [0.29, 0.717) is 48.3 Å². The average Bonchev–Trinajstić information content (AvgIpc) is 3.02. The number of fused-ring (bicyclic) bond motifs is 1. The number of ether oxygens (including phenoxy) is 5. The van der Waals surface area contributed by atoms with Crippen molar-refractivity contribution < 1.29 is 43.9 Å². The summed E-state index contributed by atoms with van der Waals surface area (Å²) in [5, 5.41) is 31.2. The zero-order valence-electron chi connectivity index (χ0n) is 24.6. The molecule has 0 bridgehead atoms. The molecule has 0 aromatic heterocycles. The van der Waals surface area contributed by atoms with Gasteiger partial charge in [0.25, 0.3) is 0 Å². The van der Waals surface area contributed by atoms with Crippen molar-refractivity contribution in [2.24, 2.45) is 0 Å². The van der Waals surface area contributed by atoms with Crippen molar-refractivity contribution >= 4 is 5.91 Å². The van der Waals surface area contributed by atoms with Gasteiger partial charge in [-0.15, -0.1) is 0 Å². The molecule has 5 N–H and O–H groups in total. The molecule has 11 nitrogen and oxygen atoms in total. The minimum atomic E-state index is -0.685. The lowest BCUT2D eigenvalue weighted by molar-refractivity contribution is -0.129. The second kappa shape index (κ2) is 15.0. The zero-order chi connectivity index (χ0) is 30.8. The van der Waals surface area contributed by atoms with Crippen LogP contribution in [0, 0.1) is 6.92 Å².